The fourth-order valence-corrected chi connectivity index (χ4v) is 4.38. The van der Waals surface area contributed by atoms with E-state index in [2.05, 4.69) is 4.72 Å². The van der Waals surface area contributed by atoms with Gasteiger partial charge >= 0.3 is 11.6 Å². The molecule has 0 fully saturated rings. The van der Waals surface area contributed by atoms with Crippen LogP contribution in [0.2, 0.25) is 0 Å². The van der Waals surface area contributed by atoms with Crippen LogP contribution >= 0.6 is 0 Å². The Morgan fingerprint density at radius 3 is 2.37 bits per heavy atom. The number of fused-ring (bicyclic) bond motifs is 1. The molecule has 1 heterocycles. The summed E-state index contributed by atoms with van der Waals surface area (Å²) in [7, 11) is -3.90. The molecule has 1 unspecified atom stereocenters. The maximum atomic E-state index is 12.8. The summed E-state index contributed by atoms with van der Waals surface area (Å²) in [6.45, 7) is 7.02. The molecule has 0 aliphatic carbocycles. The highest BCUT2D eigenvalue weighted by Gasteiger charge is 2.27. The van der Waals surface area contributed by atoms with E-state index in [1.807, 2.05) is 6.92 Å². The van der Waals surface area contributed by atoms with Gasteiger partial charge in [-0.25, -0.2) is 18.0 Å². The summed E-state index contributed by atoms with van der Waals surface area (Å²) >= 11 is 0. The molecule has 3 aromatic rings. The molecule has 8 heteroatoms. The predicted octanol–water partition coefficient (Wildman–Crippen LogP) is 3.38. The van der Waals surface area contributed by atoms with Crippen LogP contribution in [0.1, 0.15) is 30.0 Å². The van der Waals surface area contributed by atoms with Gasteiger partial charge in [-0.2, -0.15) is 4.72 Å². The monoisotopic (exact) mass is 429 g/mol. The standard InChI is InChI=1S/C22H23NO6S/c1-5-17(23-30(26,27)16-8-6-13(2)7-9-16)22(25)29-19-11-14(3)10-18-21(19)15(4)12-20(24)28-18/h6-12,17,23H,5H2,1-4H3. The van der Waals surface area contributed by atoms with E-state index >= 15 is 0 Å². The number of hydrogen-bond donors (Lipinski definition) is 1. The summed E-state index contributed by atoms with van der Waals surface area (Å²) in [5.74, 6) is -0.532. The molecule has 0 saturated heterocycles. The van der Waals surface area contributed by atoms with E-state index in [0.29, 0.717) is 16.5 Å². The Balaban J connectivity index is 1.91. The number of aryl methyl sites for hydroxylation is 3. The van der Waals surface area contributed by atoms with E-state index in [4.69, 9.17) is 9.15 Å². The van der Waals surface area contributed by atoms with Crippen molar-refractivity contribution in [3.05, 3.63) is 69.6 Å². The van der Waals surface area contributed by atoms with Gasteiger partial charge in [0.05, 0.1) is 10.3 Å². The number of esters is 1. The number of hydrogen-bond acceptors (Lipinski definition) is 6. The first kappa shape index (κ1) is 21.7. The number of rotatable bonds is 6. The number of benzene rings is 2. The van der Waals surface area contributed by atoms with Gasteiger partial charge in [0.25, 0.3) is 0 Å². The Labute approximate surface area is 174 Å². The molecule has 0 saturated carbocycles. The maximum absolute atomic E-state index is 12.8. The molecule has 2 aromatic carbocycles. The number of ether oxygens (including phenoxy) is 1. The van der Waals surface area contributed by atoms with Crippen molar-refractivity contribution >= 4 is 27.0 Å². The van der Waals surface area contributed by atoms with Crippen LogP contribution in [0.3, 0.4) is 0 Å². The summed E-state index contributed by atoms with van der Waals surface area (Å²) in [6.07, 6.45) is 0.196. The Morgan fingerprint density at radius 1 is 1.07 bits per heavy atom. The highest BCUT2D eigenvalue weighted by atomic mass is 32.2. The van der Waals surface area contributed by atoms with E-state index in [0.717, 1.165) is 11.1 Å². The normalized spacial score (nSPS) is 12.7. The fourth-order valence-electron chi connectivity index (χ4n) is 3.11. The quantitative estimate of drug-likeness (QED) is 0.366. The van der Waals surface area contributed by atoms with Crippen LogP contribution in [0.15, 0.2) is 56.6 Å². The number of carbonyl (C=O) groups excluding carboxylic acids is 1. The third-order valence-corrected chi connectivity index (χ3v) is 6.17. The molecular formula is C22H23NO6S. The van der Waals surface area contributed by atoms with Crippen LogP contribution in [0.5, 0.6) is 5.75 Å². The molecular weight excluding hydrogens is 406 g/mol. The molecule has 0 spiro atoms. The smallest absolute Gasteiger partial charge is 0.336 e. The maximum Gasteiger partial charge on any atom is 0.336 e. The van der Waals surface area contributed by atoms with Gasteiger partial charge in [-0.15, -0.1) is 0 Å². The summed E-state index contributed by atoms with van der Waals surface area (Å²) in [5, 5.41) is 0.491. The summed E-state index contributed by atoms with van der Waals surface area (Å²) in [4.78, 5) is 24.5. The van der Waals surface area contributed by atoms with Crippen LogP contribution in [0.4, 0.5) is 0 Å². The summed E-state index contributed by atoms with van der Waals surface area (Å²) in [5.41, 5.74) is 2.05. The second kappa shape index (κ2) is 8.41. The molecule has 158 valence electrons. The third kappa shape index (κ3) is 4.60. The fraction of sp³-hybridized carbons (Fsp3) is 0.273. The predicted molar refractivity (Wildman–Crippen MR) is 113 cm³/mol. The first-order valence-electron chi connectivity index (χ1n) is 9.46. The number of carbonyl (C=O) groups is 1. The second-order valence-electron chi connectivity index (χ2n) is 7.20. The van der Waals surface area contributed by atoms with Gasteiger partial charge in [-0.1, -0.05) is 24.6 Å². The average molecular weight is 429 g/mol. The lowest BCUT2D eigenvalue weighted by Gasteiger charge is -2.17. The highest BCUT2D eigenvalue weighted by molar-refractivity contribution is 7.89. The minimum absolute atomic E-state index is 0.0676. The first-order chi connectivity index (χ1) is 14.1. The van der Waals surface area contributed by atoms with Gasteiger partial charge in [0.15, 0.2) is 0 Å². The van der Waals surface area contributed by atoms with Crippen molar-refractivity contribution in [1.82, 2.24) is 4.72 Å². The Morgan fingerprint density at radius 2 is 1.73 bits per heavy atom. The van der Waals surface area contributed by atoms with E-state index in [1.165, 1.54) is 18.2 Å². The number of sulfonamides is 1. The molecule has 0 amide bonds. The zero-order chi connectivity index (χ0) is 22.1. The lowest BCUT2D eigenvalue weighted by molar-refractivity contribution is -0.136. The second-order valence-corrected chi connectivity index (χ2v) is 8.91. The zero-order valence-corrected chi connectivity index (χ0v) is 18.0. The van der Waals surface area contributed by atoms with E-state index in [-0.39, 0.29) is 17.1 Å². The van der Waals surface area contributed by atoms with E-state index in [9.17, 15) is 18.0 Å². The van der Waals surface area contributed by atoms with Crippen molar-refractivity contribution < 1.29 is 22.4 Å². The van der Waals surface area contributed by atoms with Gasteiger partial charge in [-0.3, -0.25) is 0 Å². The molecule has 1 aromatic heterocycles. The van der Waals surface area contributed by atoms with Crippen molar-refractivity contribution in [1.29, 1.82) is 0 Å². The SMILES string of the molecule is CCC(NS(=O)(=O)c1ccc(C)cc1)C(=O)Oc1cc(C)cc2oc(=O)cc(C)c12. The number of nitrogens with one attached hydrogen (secondary N) is 1. The van der Waals surface area contributed by atoms with Crippen molar-refractivity contribution in [2.75, 3.05) is 0 Å². The zero-order valence-electron chi connectivity index (χ0n) is 17.2. The van der Waals surface area contributed by atoms with Crippen LogP contribution in [0, 0.1) is 20.8 Å². The molecule has 0 aliphatic rings. The van der Waals surface area contributed by atoms with Gasteiger partial charge in [0, 0.05) is 6.07 Å². The summed E-state index contributed by atoms with van der Waals surface area (Å²) < 4.78 is 38.5. The van der Waals surface area contributed by atoms with E-state index < -0.39 is 27.7 Å². The van der Waals surface area contributed by atoms with Gasteiger partial charge in [0.1, 0.15) is 17.4 Å². The van der Waals surface area contributed by atoms with Crippen LogP contribution < -0.4 is 15.1 Å². The molecule has 1 N–H and O–H groups in total. The highest BCUT2D eigenvalue weighted by Crippen LogP contribution is 2.30. The molecule has 0 bridgehead atoms. The molecule has 0 aliphatic heterocycles. The Hall–Kier alpha value is -2.97. The topological polar surface area (TPSA) is 103 Å². The Bertz CT molecular complexity index is 1260. The lowest BCUT2D eigenvalue weighted by Crippen LogP contribution is -2.42. The van der Waals surface area contributed by atoms with Crippen LogP contribution in [0.25, 0.3) is 11.0 Å². The Kier molecular flexibility index (Phi) is 6.09. The molecule has 1 atom stereocenters. The minimum Gasteiger partial charge on any atom is -0.425 e. The average Bonchev–Trinajstić information content (AvgIpc) is 2.65. The third-order valence-electron chi connectivity index (χ3n) is 4.68. The largest absolute Gasteiger partial charge is 0.425 e. The minimum atomic E-state index is -3.90. The molecule has 0 radical (unpaired) electrons. The molecule has 30 heavy (non-hydrogen) atoms. The van der Waals surface area contributed by atoms with Crippen molar-refractivity contribution in [2.24, 2.45) is 0 Å². The molecule has 3 rings (SSSR count). The van der Waals surface area contributed by atoms with E-state index in [1.54, 1.807) is 45.0 Å². The molecule has 7 nitrogen and oxygen atoms in total. The summed E-state index contributed by atoms with van der Waals surface area (Å²) in [6, 6.07) is 9.89. The van der Waals surface area contributed by atoms with Gasteiger partial charge < -0.3 is 9.15 Å². The van der Waals surface area contributed by atoms with Gasteiger partial charge in [-0.05, 0) is 62.6 Å². The van der Waals surface area contributed by atoms with Crippen LogP contribution in [-0.2, 0) is 14.8 Å². The van der Waals surface area contributed by atoms with Crippen molar-refractivity contribution in [2.45, 2.75) is 45.1 Å². The lowest BCUT2D eigenvalue weighted by atomic mass is 10.1. The first-order valence-corrected chi connectivity index (χ1v) is 10.9. The van der Waals surface area contributed by atoms with Gasteiger partial charge in [0.2, 0.25) is 10.0 Å². The van der Waals surface area contributed by atoms with Crippen molar-refractivity contribution in [3.63, 3.8) is 0 Å². The van der Waals surface area contributed by atoms with Crippen LogP contribution in [-0.4, -0.2) is 20.4 Å². The van der Waals surface area contributed by atoms with Crippen molar-refractivity contribution in [3.8, 4) is 5.75 Å².